The SMILES string of the molecule is COC1(CNC(=O)NC[C@H](O)c2cc(C)cc(C)c2)CCOCC1. The summed E-state index contributed by atoms with van der Waals surface area (Å²) in [7, 11) is 1.66. The molecule has 1 saturated heterocycles. The Balaban J connectivity index is 1.80. The third kappa shape index (κ3) is 5.19. The van der Waals surface area contributed by atoms with Gasteiger partial charge in [0.25, 0.3) is 0 Å². The number of urea groups is 1. The van der Waals surface area contributed by atoms with E-state index in [9.17, 15) is 9.90 Å². The summed E-state index contributed by atoms with van der Waals surface area (Å²) in [6.07, 6.45) is 0.790. The summed E-state index contributed by atoms with van der Waals surface area (Å²) >= 11 is 0. The molecule has 24 heavy (non-hydrogen) atoms. The van der Waals surface area contributed by atoms with Crippen molar-refractivity contribution >= 4 is 6.03 Å². The Hall–Kier alpha value is -1.63. The van der Waals surface area contributed by atoms with Gasteiger partial charge in [-0.2, -0.15) is 0 Å². The quantitative estimate of drug-likeness (QED) is 0.740. The number of benzene rings is 1. The van der Waals surface area contributed by atoms with Crippen molar-refractivity contribution in [3.63, 3.8) is 0 Å². The first-order chi connectivity index (χ1) is 11.4. The fourth-order valence-corrected chi connectivity index (χ4v) is 3.01. The molecule has 1 aliphatic rings. The van der Waals surface area contributed by atoms with Gasteiger partial charge in [0.1, 0.15) is 0 Å². The lowest BCUT2D eigenvalue weighted by Gasteiger charge is -2.35. The van der Waals surface area contributed by atoms with Crippen LogP contribution in [0.3, 0.4) is 0 Å². The van der Waals surface area contributed by atoms with Crippen LogP contribution in [0, 0.1) is 13.8 Å². The van der Waals surface area contributed by atoms with Crippen LogP contribution in [0.2, 0.25) is 0 Å². The molecular weight excluding hydrogens is 308 g/mol. The van der Waals surface area contributed by atoms with E-state index in [-0.39, 0.29) is 18.2 Å². The number of nitrogens with one attached hydrogen (secondary N) is 2. The second kappa shape index (κ2) is 8.46. The zero-order chi connectivity index (χ0) is 17.6. The Labute approximate surface area is 143 Å². The number of aryl methyl sites for hydroxylation is 2. The Kier molecular flexibility index (Phi) is 6.60. The molecule has 1 aromatic rings. The smallest absolute Gasteiger partial charge is 0.314 e. The van der Waals surface area contributed by atoms with Crippen molar-refractivity contribution in [2.24, 2.45) is 0 Å². The van der Waals surface area contributed by atoms with Gasteiger partial charge in [-0.3, -0.25) is 0 Å². The molecule has 1 aromatic carbocycles. The number of rotatable bonds is 6. The Bertz CT molecular complexity index is 536. The Morgan fingerprint density at radius 3 is 2.46 bits per heavy atom. The summed E-state index contributed by atoms with van der Waals surface area (Å²) in [5.74, 6) is 0. The van der Waals surface area contributed by atoms with Crippen LogP contribution >= 0.6 is 0 Å². The fourth-order valence-electron chi connectivity index (χ4n) is 3.01. The summed E-state index contributed by atoms with van der Waals surface area (Å²) < 4.78 is 10.9. The summed E-state index contributed by atoms with van der Waals surface area (Å²) in [5.41, 5.74) is 2.64. The molecule has 6 heteroatoms. The molecule has 0 spiro atoms. The van der Waals surface area contributed by atoms with Crippen molar-refractivity contribution in [3.05, 3.63) is 34.9 Å². The molecule has 1 heterocycles. The van der Waals surface area contributed by atoms with Crippen LogP contribution in [-0.4, -0.2) is 50.2 Å². The van der Waals surface area contributed by atoms with Crippen LogP contribution in [0.5, 0.6) is 0 Å². The molecule has 2 amide bonds. The number of aliphatic hydroxyl groups excluding tert-OH is 1. The van der Waals surface area contributed by atoms with Crippen molar-refractivity contribution in [3.8, 4) is 0 Å². The van der Waals surface area contributed by atoms with Gasteiger partial charge in [0, 0.05) is 46.3 Å². The van der Waals surface area contributed by atoms with Gasteiger partial charge in [-0.25, -0.2) is 4.79 Å². The molecule has 3 N–H and O–H groups in total. The van der Waals surface area contributed by atoms with Crippen LogP contribution in [0.15, 0.2) is 18.2 Å². The minimum absolute atomic E-state index is 0.165. The molecule has 0 unspecified atom stereocenters. The second-order valence-electron chi connectivity index (χ2n) is 6.50. The van der Waals surface area contributed by atoms with Crippen molar-refractivity contribution in [2.75, 3.05) is 33.4 Å². The molecule has 0 saturated carbocycles. The van der Waals surface area contributed by atoms with E-state index >= 15 is 0 Å². The van der Waals surface area contributed by atoms with E-state index in [4.69, 9.17) is 9.47 Å². The van der Waals surface area contributed by atoms with Gasteiger partial charge in [-0.15, -0.1) is 0 Å². The highest BCUT2D eigenvalue weighted by Gasteiger charge is 2.32. The van der Waals surface area contributed by atoms with E-state index < -0.39 is 6.10 Å². The first-order valence-electron chi connectivity index (χ1n) is 8.35. The lowest BCUT2D eigenvalue weighted by molar-refractivity contribution is -0.0861. The highest BCUT2D eigenvalue weighted by atomic mass is 16.5. The fraction of sp³-hybridized carbons (Fsp3) is 0.611. The average molecular weight is 336 g/mol. The third-order valence-corrected chi connectivity index (χ3v) is 4.49. The standard InChI is InChI=1S/C18H28N2O4/c1-13-8-14(2)10-15(9-13)16(21)11-19-17(22)20-12-18(23-3)4-6-24-7-5-18/h8-10,16,21H,4-7,11-12H2,1-3H3,(H2,19,20,22)/t16-/m0/s1. The number of hydrogen-bond acceptors (Lipinski definition) is 4. The summed E-state index contributed by atoms with van der Waals surface area (Å²) in [4.78, 5) is 12.0. The lowest BCUT2D eigenvalue weighted by atomic mass is 9.94. The topological polar surface area (TPSA) is 79.8 Å². The first kappa shape index (κ1) is 18.7. The summed E-state index contributed by atoms with van der Waals surface area (Å²) in [6.45, 7) is 5.85. The number of amides is 2. The molecule has 6 nitrogen and oxygen atoms in total. The van der Waals surface area contributed by atoms with Crippen LogP contribution < -0.4 is 10.6 Å². The third-order valence-electron chi connectivity index (χ3n) is 4.49. The predicted molar refractivity (Wildman–Crippen MR) is 92.1 cm³/mol. The Morgan fingerprint density at radius 2 is 1.88 bits per heavy atom. The molecular formula is C18H28N2O4. The van der Waals surface area contributed by atoms with Gasteiger partial charge >= 0.3 is 6.03 Å². The van der Waals surface area contributed by atoms with E-state index in [1.165, 1.54) is 0 Å². The average Bonchev–Trinajstić information content (AvgIpc) is 2.57. The monoisotopic (exact) mass is 336 g/mol. The second-order valence-corrected chi connectivity index (χ2v) is 6.50. The maximum Gasteiger partial charge on any atom is 0.314 e. The van der Waals surface area contributed by atoms with Crippen molar-refractivity contribution < 1.29 is 19.4 Å². The zero-order valence-electron chi connectivity index (χ0n) is 14.7. The summed E-state index contributed by atoms with van der Waals surface area (Å²) in [5, 5.41) is 15.8. The normalized spacial score (nSPS) is 18.0. The minimum atomic E-state index is -0.728. The van der Waals surface area contributed by atoms with Crippen LogP contribution in [0.1, 0.15) is 35.6 Å². The Morgan fingerprint density at radius 1 is 1.25 bits per heavy atom. The highest BCUT2D eigenvalue weighted by Crippen LogP contribution is 2.23. The molecule has 2 rings (SSSR count). The molecule has 1 atom stereocenters. The summed E-state index contributed by atoms with van der Waals surface area (Å²) in [6, 6.07) is 5.61. The lowest BCUT2D eigenvalue weighted by Crippen LogP contribution is -2.50. The van der Waals surface area contributed by atoms with Crippen molar-refractivity contribution in [1.82, 2.24) is 10.6 Å². The molecule has 0 radical (unpaired) electrons. The largest absolute Gasteiger partial charge is 0.387 e. The number of methoxy groups -OCH3 is 1. The number of carbonyl (C=O) groups is 1. The van der Waals surface area contributed by atoms with Gasteiger partial charge in [-0.05, 0) is 19.4 Å². The zero-order valence-corrected chi connectivity index (χ0v) is 14.7. The highest BCUT2D eigenvalue weighted by molar-refractivity contribution is 5.73. The molecule has 134 valence electrons. The minimum Gasteiger partial charge on any atom is -0.387 e. The first-order valence-corrected chi connectivity index (χ1v) is 8.35. The van der Waals surface area contributed by atoms with Crippen molar-refractivity contribution in [2.45, 2.75) is 38.4 Å². The van der Waals surface area contributed by atoms with E-state index in [1.807, 2.05) is 26.0 Å². The molecule has 0 aromatic heterocycles. The van der Waals surface area contributed by atoms with Gasteiger partial charge in [0.2, 0.25) is 0 Å². The molecule has 1 fully saturated rings. The number of hydrogen-bond donors (Lipinski definition) is 3. The molecule has 0 bridgehead atoms. The number of aliphatic hydroxyl groups is 1. The van der Waals surface area contributed by atoms with Crippen LogP contribution in [-0.2, 0) is 9.47 Å². The number of carbonyl (C=O) groups excluding carboxylic acids is 1. The van der Waals surface area contributed by atoms with Gasteiger partial charge in [-0.1, -0.05) is 29.3 Å². The van der Waals surface area contributed by atoms with Gasteiger partial charge < -0.3 is 25.2 Å². The van der Waals surface area contributed by atoms with E-state index in [2.05, 4.69) is 16.7 Å². The van der Waals surface area contributed by atoms with Crippen LogP contribution in [0.25, 0.3) is 0 Å². The molecule has 1 aliphatic heterocycles. The molecule has 0 aliphatic carbocycles. The van der Waals surface area contributed by atoms with Crippen LogP contribution in [0.4, 0.5) is 4.79 Å². The van der Waals surface area contributed by atoms with E-state index in [0.29, 0.717) is 19.8 Å². The van der Waals surface area contributed by atoms with E-state index in [0.717, 1.165) is 29.5 Å². The van der Waals surface area contributed by atoms with E-state index in [1.54, 1.807) is 7.11 Å². The van der Waals surface area contributed by atoms with Crippen molar-refractivity contribution in [1.29, 1.82) is 0 Å². The predicted octanol–water partition coefficient (Wildman–Crippen LogP) is 1.83. The number of ether oxygens (including phenoxy) is 2. The van der Waals surface area contributed by atoms with Gasteiger partial charge in [0.05, 0.1) is 11.7 Å². The van der Waals surface area contributed by atoms with Gasteiger partial charge in [0.15, 0.2) is 0 Å². The maximum atomic E-state index is 12.0. The maximum absolute atomic E-state index is 12.0.